The van der Waals surface area contributed by atoms with Crippen LogP contribution in [0.5, 0.6) is 5.75 Å². The molecule has 158 valence electrons. The highest BCUT2D eigenvalue weighted by Gasteiger charge is 2.34. The van der Waals surface area contributed by atoms with E-state index in [2.05, 4.69) is 5.43 Å². The van der Waals surface area contributed by atoms with E-state index in [1.807, 2.05) is 31.2 Å². The van der Waals surface area contributed by atoms with Crippen LogP contribution < -0.4 is 5.43 Å². The number of amides is 2. The maximum absolute atomic E-state index is 14.2. The number of phenolic OH excluding ortho intramolecular Hbond substituents is 1. The van der Waals surface area contributed by atoms with E-state index in [1.54, 1.807) is 0 Å². The lowest BCUT2D eigenvalue weighted by Gasteiger charge is -2.25. The third kappa shape index (κ3) is 4.25. The summed E-state index contributed by atoms with van der Waals surface area (Å²) in [6.07, 6.45) is 0. The van der Waals surface area contributed by atoms with E-state index in [9.17, 15) is 23.5 Å². The van der Waals surface area contributed by atoms with Crippen molar-refractivity contribution in [1.82, 2.24) is 10.4 Å². The zero-order valence-electron chi connectivity index (χ0n) is 16.4. The Morgan fingerprint density at radius 1 is 1.10 bits per heavy atom. The third-order valence-corrected chi connectivity index (χ3v) is 6.15. The molecule has 1 aliphatic rings. The van der Waals surface area contributed by atoms with Gasteiger partial charge in [0.15, 0.2) is 0 Å². The first-order valence-corrected chi connectivity index (χ1v) is 10.5. The summed E-state index contributed by atoms with van der Waals surface area (Å²) in [6, 6.07) is 14.7. The predicted octanol–water partition coefficient (Wildman–Crippen LogP) is 4.56. The van der Waals surface area contributed by atoms with Gasteiger partial charge in [-0.2, -0.15) is 0 Å². The molecule has 1 unspecified atom stereocenters. The molecule has 0 aliphatic carbocycles. The standard InChI is InChI=1S/C23H18F2N2O3S/c1-13-2-4-14(5-3-13)23-27(21(29)12-31-23)26-22(30)18-10-15(6-9-20(18)28)17-8-7-16(24)11-19(17)25/h2-11,23,28H,12H2,1H3,(H,26,30). The average molecular weight is 440 g/mol. The highest BCUT2D eigenvalue weighted by atomic mass is 32.2. The second kappa shape index (κ2) is 8.39. The largest absolute Gasteiger partial charge is 0.507 e. The second-order valence-corrected chi connectivity index (χ2v) is 8.20. The smallest absolute Gasteiger partial charge is 0.273 e. The Balaban J connectivity index is 1.61. The van der Waals surface area contributed by atoms with Gasteiger partial charge in [-0.25, -0.2) is 13.8 Å². The maximum Gasteiger partial charge on any atom is 0.273 e. The predicted molar refractivity (Wildman–Crippen MR) is 114 cm³/mol. The molecule has 1 fully saturated rings. The van der Waals surface area contributed by atoms with Gasteiger partial charge in [-0.1, -0.05) is 35.9 Å². The summed E-state index contributed by atoms with van der Waals surface area (Å²) >= 11 is 1.38. The van der Waals surface area contributed by atoms with Crippen molar-refractivity contribution < 1.29 is 23.5 Å². The lowest BCUT2D eigenvalue weighted by Crippen LogP contribution is -2.44. The Kier molecular flexibility index (Phi) is 5.65. The lowest BCUT2D eigenvalue weighted by atomic mass is 10.0. The van der Waals surface area contributed by atoms with Crippen molar-refractivity contribution in [2.75, 3.05) is 5.75 Å². The molecule has 4 rings (SSSR count). The van der Waals surface area contributed by atoms with E-state index in [-0.39, 0.29) is 34.1 Å². The minimum absolute atomic E-state index is 0.0841. The van der Waals surface area contributed by atoms with Crippen molar-refractivity contribution in [1.29, 1.82) is 0 Å². The first kappa shape index (κ1) is 20.9. The number of carbonyl (C=O) groups is 2. The van der Waals surface area contributed by atoms with Crippen LogP contribution in [0, 0.1) is 18.6 Å². The van der Waals surface area contributed by atoms with Crippen LogP contribution in [0.1, 0.15) is 26.9 Å². The highest BCUT2D eigenvalue weighted by Crippen LogP contribution is 2.37. The fraction of sp³-hybridized carbons (Fsp3) is 0.130. The van der Waals surface area contributed by atoms with Gasteiger partial charge in [0.2, 0.25) is 0 Å². The minimum Gasteiger partial charge on any atom is -0.507 e. The number of phenols is 1. The number of hydrazine groups is 1. The molecule has 8 heteroatoms. The molecule has 0 bridgehead atoms. The minimum atomic E-state index is -0.789. The van der Waals surface area contributed by atoms with Crippen molar-refractivity contribution >= 4 is 23.6 Å². The van der Waals surface area contributed by atoms with Gasteiger partial charge in [0.05, 0.1) is 11.3 Å². The lowest BCUT2D eigenvalue weighted by molar-refractivity contribution is -0.130. The molecule has 2 N–H and O–H groups in total. The molecule has 2 amide bonds. The number of nitrogens with one attached hydrogen (secondary N) is 1. The summed E-state index contributed by atoms with van der Waals surface area (Å²) in [6.45, 7) is 1.95. The summed E-state index contributed by atoms with van der Waals surface area (Å²) in [5.41, 5.74) is 4.73. The number of aryl methyl sites for hydroxylation is 1. The summed E-state index contributed by atoms with van der Waals surface area (Å²) in [5, 5.41) is 11.0. The van der Waals surface area contributed by atoms with Gasteiger partial charge in [0.1, 0.15) is 22.8 Å². The summed E-state index contributed by atoms with van der Waals surface area (Å²) < 4.78 is 27.4. The Labute approximate surface area is 181 Å². The average Bonchev–Trinajstić information content (AvgIpc) is 3.09. The van der Waals surface area contributed by atoms with Crippen LogP contribution in [0.2, 0.25) is 0 Å². The van der Waals surface area contributed by atoms with E-state index < -0.39 is 22.9 Å². The number of nitrogens with zero attached hydrogens (tertiary/aromatic N) is 1. The number of hydrogen-bond acceptors (Lipinski definition) is 4. The van der Waals surface area contributed by atoms with Crippen molar-refractivity contribution in [2.45, 2.75) is 12.3 Å². The number of halogens is 2. The molecule has 1 heterocycles. The van der Waals surface area contributed by atoms with E-state index in [4.69, 9.17) is 0 Å². The molecule has 1 aliphatic heterocycles. The number of hydrogen-bond donors (Lipinski definition) is 2. The Morgan fingerprint density at radius 2 is 1.84 bits per heavy atom. The molecular weight excluding hydrogens is 422 g/mol. The Hall–Kier alpha value is -3.39. The van der Waals surface area contributed by atoms with Gasteiger partial charge in [-0.05, 0) is 42.3 Å². The van der Waals surface area contributed by atoms with Crippen LogP contribution in [-0.2, 0) is 4.79 Å². The van der Waals surface area contributed by atoms with Crippen LogP contribution >= 0.6 is 11.8 Å². The number of aromatic hydroxyl groups is 1. The maximum atomic E-state index is 14.2. The molecule has 0 saturated carbocycles. The molecule has 0 radical (unpaired) electrons. The summed E-state index contributed by atoms with van der Waals surface area (Å²) in [4.78, 5) is 25.3. The Bertz CT molecular complexity index is 1170. The normalized spacial score (nSPS) is 15.9. The first-order valence-electron chi connectivity index (χ1n) is 9.43. The molecule has 3 aromatic rings. The van der Waals surface area contributed by atoms with E-state index >= 15 is 0 Å². The van der Waals surface area contributed by atoms with Crippen LogP contribution in [0.25, 0.3) is 11.1 Å². The molecule has 3 aromatic carbocycles. The quantitative estimate of drug-likeness (QED) is 0.624. The van der Waals surface area contributed by atoms with Crippen LogP contribution in [0.3, 0.4) is 0 Å². The monoisotopic (exact) mass is 440 g/mol. The first-order chi connectivity index (χ1) is 14.8. The fourth-order valence-electron chi connectivity index (χ4n) is 3.30. The molecule has 0 aromatic heterocycles. The SMILES string of the molecule is Cc1ccc(C2SCC(=O)N2NC(=O)c2cc(-c3ccc(F)cc3F)ccc2O)cc1. The van der Waals surface area contributed by atoms with E-state index in [0.29, 0.717) is 0 Å². The number of carbonyl (C=O) groups excluding carboxylic acids is 2. The van der Waals surface area contributed by atoms with Gasteiger partial charge in [0, 0.05) is 11.6 Å². The number of thioether (sulfide) groups is 1. The van der Waals surface area contributed by atoms with Crippen molar-refractivity contribution in [2.24, 2.45) is 0 Å². The van der Waals surface area contributed by atoms with Gasteiger partial charge in [-0.3, -0.25) is 15.0 Å². The molecule has 1 saturated heterocycles. The van der Waals surface area contributed by atoms with Crippen LogP contribution in [-0.4, -0.2) is 27.7 Å². The van der Waals surface area contributed by atoms with E-state index in [1.165, 1.54) is 41.0 Å². The van der Waals surface area contributed by atoms with Gasteiger partial charge >= 0.3 is 0 Å². The van der Waals surface area contributed by atoms with E-state index in [0.717, 1.165) is 23.3 Å². The third-order valence-electron chi connectivity index (χ3n) is 4.94. The molecule has 31 heavy (non-hydrogen) atoms. The second-order valence-electron chi connectivity index (χ2n) is 7.13. The van der Waals surface area contributed by atoms with Crippen LogP contribution in [0.4, 0.5) is 8.78 Å². The van der Waals surface area contributed by atoms with Crippen molar-refractivity contribution in [3.05, 3.63) is 89.0 Å². The van der Waals surface area contributed by atoms with Gasteiger partial charge in [0.25, 0.3) is 11.8 Å². The zero-order valence-corrected chi connectivity index (χ0v) is 17.2. The summed E-state index contributed by atoms with van der Waals surface area (Å²) in [7, 11) is 0. The summed E-state index contributed by atoms with van der Waals surface area (Å²) in [5.74, 6) is -2.62. The topological polar surface area (TPSA) is 69.6 Å². The molecule has 5 nitrogen and oxygen atoms in total. The van der Waals surface area contributed by atoms with Crippen molar-refractivity contribution in [3.8, 4) is 16.9 Å². The van der Waals surface area contributed by atoms with Crippen LogP contribution in [0.15, 0.2) is 60.7 Å². The highest BCUT2D eigenvalue weighted by molar-refractivity contribution is 8.00. The van der Waals surface area contributed by atoms with Gasteiger partial charge < -0.3 is 5.11 Å². The number of rotatable bonds is 4. The molecule has 0 spiro atoms. The number of benzene rings is 3. The fourth-order valence-corrected chi connectivity index (χ4v) is 4.41. The molecular formula is C23H18F2N2O3S. The molecule has 1 atom stereocenters. The van der Waals surface area contributed by atoms with Crippen molar-refractivity contribution in [3.63, 3.8) is 0 Å². The Morgan fingerprint density at radius 3 is 2.55 bits per heavy atom. The van der Waals surface area contributed by atoms with Gasteiger partial charge in [-0.15, -0.1) is 11.8 Å². The zero-order chi connectivity index (χ0) is 22.1.